The van der Waals surface area contributed by atoms with E-state index in [9.17, 15) is 0 Å². The van der Waals surface area contributed by atoms with Crippen LogP contribution in [0.25, 0.3) is 72.2 Å². The quantitative estimate of drug-likeness (QED) is 0.225. The SMILES string of the molecule is c1ccc(-c2ccc(-c3nc(-n4c5ccccc5c5ccc6c(c54)Cc4ccccc4-6)nc4ccccc34)cc2)cc1. The molecule has 0 saturated heterocycles. The molecule has 2 heterocycles. The molecule has 0 unspecified atom stereocenters. The lowest BCUT2D eigenvalue weighted by Crippen LogP contribution is -2.04. The van der Waals surface area contributed by atoms with Gasteiger partial charge in [-0.1, -0.05) is 127 Å². The molecule has 0 amide bonds. The van der Waals surface area contributed by atoms with Gasteiger partial charge in [0.05, 0.1) is 22.2 Å². The Morgan fingerprint density at radius 3 is 2.05 bits per heavy atom. The monoisotopic (exact) mass is 535 g/mol. The lowest BCUT2D eigenvalue weighted by atomic mass is 10.0. The van der Waals surface area contributed by atoms with Crippen molar-refractivity contribution in [2.24, 2.45) is 0 Å². The summed E-state index contributed by atoms with van der Waals surface area (Å²) < 4.78 is 2.30. The van der Waals surface area contributed by atoms with Gasteiger partial charge in [0.25, 0.3) is 0 Å². The average Bonchev–Trinajstić information content (AvgIpc) is 3.61. The predicted molar refractivity (Wildman–Crippen MR) is 173 cm³/mol. The molecule has 0 fully saturated rings. The Morgan fingerprint density at radius 1 is 0.476 bits per heavy atom. The Kier molecular flexibility index (Phi) is 4.96. The first kappa shape index (κ1) is 23.2. The summed E-state index contributed by atoms with van der Waals surface area (Å²) in [5.74, 6) is 0.700. The third-order valence-electron chi connectivity index (χ3n) is 8.67. The maximum Gasteiger partial charge on any atom is 0.235 e. The molecule has 0 spiro atoms. The van der Waals surface area contributed by atoms with Crippen molar-refractivity contribution in [2.75, 3.05) is 0 Å². The molecule has 0 saturated carbocycles. The van der Waals surface area contributed by atoms with Crippen LogP contribution in [0.3, 0.4) is 0 Å². The van der Waals surface area contributed by atoms with E-state index in [0.717, 1.165) is 34.1 Å². The van der Waals surface area contributed by atoms with Crippen LogP contribution < -0.4 is 0 Å². The zero-order valence-electron chi connectivity index (χ0n) is 22.8. The number of benzene rings is 6. The summed E-state index contributed by atoms with van der Waals surface area (Å²) in [6.07, 6.45) is 0.903. The Bertz CT molecular complexity index is 2310. The van der Waals surface area contributed by atoms with Gasteiger partial charge in [-0.15, -0.1) is 0 Å². The normalized spacial score (nSPS) is 12.2. The molecule has 196 valence electrons. The fourth-order valence-electron chi connectivity index (χ4n) is 6.73. The first-order valence-corrected chi connectivity index (χ1v) is 14.4. The Hall–Kier alpha value is -5.54. The van der Waals surface area contributed by atoms with Gasteiger partial charge in [0.15, 0.2) is 0 Å². The smallest absolute Gasteiger partial charge is 0.235 e. The third-order valence-corrected chi connectivity index (χ3v) is 8.67. The van der Waals surface area contributed by atoms with E-state index in [2.05, 4.69) is 144 Å². The standard InChI is InChI=1S/C39H25N3/c1-2-10-25(11-3-1)26-18-20-27(21-19-26)37-33-15-6-8-16-35(33)40-39(41-37)42-36-17-9-7-14-31(36)32-23-22-30-29-13-5-4-12-28(29)24-34(30)38(32)42/h1-23H,24H2. The highest BCUT2D eigenvalue weighted by Gasteiger charge is 2.25. The van der Waals surface area contributed by atoms with Crippen molar-refractivity contribution in [3.05, 3.63) is 151 Å². The largest absolute Gasteiger partial charge is 0.278 e. The first-order chi connectivity index (χ1) is 20.8. The van der Waals surface area contributed by atoms with Crippen LogP contribution in [-0.4, -0.2) is 14.5 Å². The topological polar surface area (TPSA) is 30.7 Å². The minimum Gasteiger partial charge on any atom is -0.278 e. The lowest BCUT2D eigenvalue weighted by Gasteiger charge is -2.13. The molecule has 42 heavy (non-hydrogen) atoms. The molecule has 0 atom stereocenters. The van der Waals surface area contributed by atoms with E-state index >= 15 is 0 Å². The van der Waals surface area contributed by atoms with Crippen molar-refractivity contribution in [3.8, 4) is 39.5 Å². The van der Waals surface area contributed by atoms with Gasteiger partial charge in [-0.25, -0.2) is 9.97 Å². The number of fused-ring (bicyclic) bond motifs is 8. The van der Waals surface area contributed by atoms with Crippen molar-refractivity contribution in [1.29, 1.82) is 0 Å². The molecule has 0 bridgehead atoms. The van der Waals surface area contributed by atoms with Crippen LogP contribution in [-0.2, 0) is 6.42 Å². The summed E-state index contributed by atoms with van der Waals surface area (Å²) >= 11 is 0. The minimum atomic E-state index is 0.700. The highest BCUT2D eigenvalue weighted by atomic mass is 15.2. The van der Waals surface area contributed by atoms with Crippen molar-refractivity contribution < 1.29 is 0 Å². The van der Waals surface area contributed by atoms with E-state index in [1.165, 1.54) is 49.7 Å². The molecule has 0 radical (unpaired) electrons. The summed E-state index contributed by atoms with van der Waals surface area (Å²) in [7, 11) is 0. The molecular weight excluding hydrogens is 510 g/mol. The van der Waals surface area contributed by atoms with Crippen LogP contribution in [0.1, 0.15) is 11.1 Å². The number of aromatic nitrogens is 3. The maximum atomic E-state index is 5.34. The van der Waals surface area contributed by atoms with Gasteiger partial charge in [0.1, 0.15) is 0 Å². The van der Waals surface area contributed by atoms with Gasteiger partial charge in [-0.3, -0.25) is 4.57 Å². The van der Waals surface area contributed by atoms with Gasteiger partial charge in [0, 0.05) is 28.1 Å². The molecule has 3 nitrogen and oxygen atoms in total. The molecule has 3 heteroatoms. The fourth-order valence-corrected chi connectivity index (χ4v) is 6.73. The van der Waals surface area contributed by atoms with Crippen LogP contribution >= 0.6 is 0 Å². The molecule has 8 aromatic rings. The zero-order chi connectivity index (χ0) is 27.6. The molecule has 1 aliphatic rings. The van der Waals surface area contributed by atoms with E-state index in [4.69, 9.17) is 9.97 Å². The molecule has 1 aliphatic carbocycles. The van der Waals surface area contributed by atoms with Crippen molar-refractivity contribution in [2.45, 2.75) is 6.42 Å². The second kappa shape index (κ2) is 8.98. The lowest BCUT2D eigenvalue weighted by molar-refractivity contribution is 1.01. The number of hydrogen-bond donors (Lipinski definition) is 0. The molecular formula is C39H25N3. The van der Waals surface area contributed by atoms with Crippen molar-refractivity contribution >= 4 is 32.7 Å². The molecule has 2 aromatic heterocycles. The van der Waals surface area contributed by atoms with Gasteiger partial charge >= 0.3 is 0 Å². The Labute approximate surface area is 243 Å². The van der Waals surface area contributed by atoms with E-state index in [-0.39, 0.29) is 0 Å². The number of nitrogens with zero attached hydrogens (tertiary/aromatic N) is 3. The molecule has 0 aliphatic heterocycles. The first-order valence-electron chi connectivity index (χ1n) is 14.4. The summed E-state index contributed by atoms with van der Waals surface area (Å²) in [5.41, 5.74) is 13.0. The third kappa shape index (κ3) is 3.40. The predicted octanol–water partition coefficient (Wildman–Crippen LogP) is 9.63. The van der Waals surface area contributed by atoms with Gasteiger partial charge in [-0.05, 0) is 45.5 Å². The van der Waals surface area contributed by atoms with Crippen LogP contribution in [0.5, 0.6) is 0 Å². The van der Waals surface area contributed by atoms with Crippen LogP contribution in [0.4, 0.5) is 0 Å². The summed E-state index contributed by atoms with van der Waals surface area (Å²) in [6, 6.07) is 49.5. The van der Waals surface area contributed by atoms with Crippen LogP contribution in [0, 0.1) is 0 Å². The molecule has 9 rings (SSSR count). The van der Waals surface area contributed by atoms with E-state index in [0.29, 0.717) is 5.95 Å². The van der Waals surface area contributed by atoms with E-state index < -0.39 is 0 Å². The minimum absolute atomic E-state index is 0.700. The van der Waals surface area contributed by atoms with Crippen molar-refractivity contribution in [1.82, 2.24) is 14.5 Å². The number of hydrogen-bond acceptors (Lipinski definition) is 2. The summed E-state index contributed by atoms with van der Waals surface area (Å²) in [6.45, 7) is 0. The van der Waals surface area contributed by atoms with E-state index in [1.807, 2.05) is 0 Å². The fraction of sp³-hybridized carbons (Fsp3) is 0.0256. The maximum absolute atomic E-state index is 5.34. The highest BCUT2D eigenvalue weighted by molar-refractivity contribution is 6.12. The second-order valence-electron chi connectivity index (χ2n) is 11.0. The number of para-hydroxylation sites is 2. The Morgan fingerprint density at radius 2 is 1.17 bits per heavy atom. The van der Waals surface area contributed by atoms with Gasteiger partial charge < -0.3 is 0 Å². The van der Waals surface area contributed by atoms with Crippen LogP contribution in [0.15, 0.2) is 140 Å². The van der Waals surface area contributed by atoms with Gasteiger partial charge in [0.2, 0.25) is 5.95 Å². The Balaban J connectivity index is 1.31. The second-order valence-corrected chi connectivity index (χ2v) is 11.0. The van der Waals surface area contributed by atoms with Crippen molar-refractivity contribution in [3.63, 3.8) is 0 Å². The summed E-state index contributed by atoms with van der Waals surface area (Å²) in [4.78, 5) is 10.5. The highest BCUT2D eigenvalue weighted by Crippen LogP contribution is 2.44. The number of rotatable bonds is 3. The van der Waals surface area contributed by atoms with Crippen LogP contribution in [0.2, 0.25) is 0 Å². The molecule has 0 N–H and O–H groups in total. The zero-order valence-corrected chi connectivity index (χ0v) is 22.8. The van der Waals surface area contributed by atoms with E-state index in [1.54, 1.807) is 0 Å². The molecule has 6 aromatic carbocycles. The summed E-state index contributed by atoms with van der Waals surface area (Å²) in [5, 5.41) is 3.51. The van der Waals surface area contributed by atoms with Gasteiger partial charge in [-0.2, -0.15) is 0 Å². The average molecular weight is 536 g/mol.